The van der Waals surface area contributed by atoms with Crippen molar-refractivity contribution in [2.75, 3.05) is 0 Å². The van der Waals surface area contributed by atoms with Gasteiger partial charge in [-0.3, -0.25) is 14.9 Å². The van der Waals surface area contributed by atoms with E-state index in [2.05, 4.69) is 0 Å². The molecule has 0 saturated carbocycles. The molecule has 6 heteroatoms. The van der Waals surface area contributed by atoms with E-state index in [9.17, 15) is 14.9 Å². The largest absolute Gasteiger partial charge is 0.480 e. The second kappa shape index (κ2) is 5.50. The summed E-state index contributed by atoms with van der Waals surface area (Å²) < 4.78 is 0. The van der Waals surface area contributed by atoms with Gasteiger partial charge in [0.1, 0.15) is 0 Å². The zero-order valence-corrected chi connectivity index (χ0v) is 9.44. The van der Waals surface area contributed by atoms with Crippen molar-refractivity contribution in [3.63, 3.8) is 0 Å². The number of hydrogen-bond donors (Lipinski definition) is 1. The predicted molar refractivity (Wildman–Crippen MR) is 61.5 cm³/mol. The van der Waals surface area contributed by atoms with Crippen molar-refractivity contribution in [1.29, 1.82) is 0 Å². The molecule has 0 amide bonds. The Morgan fingerprint density at radius 2 is 2.31 bits per heavy atom. The summed E-state index contributed by atoms with van der Waals surface area (Å²) in [5, 5.41) is 18.7. The quantitative estimate of drug-likeness (QED) is 0.632. The summed E-state index contributed by atoms with van der Waals surface area (Å²) in [6.45, 7) is 1.59. The zero-order valence-electron chi connectivity index (χ0n) is 8.62. The normalized spacial score (nSPS) is 12.1. The van der Waals surface area contributed by atoms with Crippen LogP contribution in [-0.2, 0) is 10.5 Å². The van der Waals surface area contributed by atoms with Crippen molar-refractivity contribution in [2.24, 2.45) is 0 Å². The van der Waals surface area contributed by atoms with E-state index >= 15 is 0 Å². The Hall–Kier alpha value is -1.56. The lowest BCUT2D eigenvalue weighted by molar-refractivity contribution is -0.384. The maximum Gasteiger partial charge on any atom is 0.316 e. The maximum atomic E-state index is 10.6. The van der Waals surface area contributed by atoms with Crippen LogP contribution < -0.4 is 0 Å². The van der Waals surface area contributed by atoms with Crippen molar-refractivity contribution in [1.82, 2.24) is 0 Å². The highest BCUT2D eigenvalue weighted by Gasteiger charge is 2.12. The van der Waals surface area contributed by atoms with Gasteiger partial charge >= 0.3 is 5.97 Å². The average molecular weight is 241 g/mol. The number of non-ortho nitro benzene ring substituents is 1. The number of nitro groups is 1. The summed E-state index contributed by atoms with van der Waals surface area (Å²) in [5.74, 6) is -0.426. The number of carboxylic acids is 1. The van der Waals surface area contributed by atoms with Gasteiger partial charge < -0.3 is 5.11 Å². The molecule has 16 heavy (non-hydrogen) atoms. The average Bonchev–Trinajstić information content (AvgIpc) is 2.26. The monoisotopic (exact) mass is 241 g/mol. The number of thioether (sulfide) groups is 1. The van der Waals surface area contributed by atoms with Crippen LogP contribution >= 0.6 is 11.8 Å². The van der Waals surface area contributed by atoms with E-state index in [0.29, 0.717) is 5.75 Å². The summed E-state index contributed by atoms with van der Waals surface area (Å²) in [6.07, 6.45) is 0. The van der Waals surface area contributed by atoms with Gasteiger partial charge in [0.2, 0.25) is 0 Å². The Morgan fingerprint density at radius 3 is 2.88 bits per heavy atom. The van der Waals surface area contributed by atoms with Crippen molar-refractivity contribution < 1.29 is 14.8 Å². The third kappa shape index (κ3) is 3.54. The van der Waals surface area contributed by atoms with Gasteiger partial charge in [0.25, 0.3) is 5.69 Å². The lowest BCUT2D eigenvalue weighted by Gasteiger charge is -2.05. The minimum atomic E-state index is -0.879. The molecule has 0 aliphatic rings. The molecule has 5 nitrogen and oxygen atoms in total. The molecule has 0 saturated heterocycles. The summed E-state index contributed by atoms with van der Waals surface area (Å²) in [7, 11) is 0. The molecule has 0 fully saturated rings. The SMILES string of the molecule is CC(SCc1cccc([N+](=O)[O-])c1)C(=O)O. The van der Waals surface area contributed by atoms with Gasteiger partial charge in [-0.1, -0.05) is 12.1 Å². The number of carboxylic acid groups (broad SMARTS) is 1. The fourth-order valence-electron chi connectivity index (χ4n) is 1.05. The van der Waals surface area contributed by atoms with Gasteiger partial charge in [-0.15, -0.1) is 11.8 Å². The number of carbonyl (C=O) groups is 1. The number of rotatable bonds is 5. The highest BCUT2D eigenvalue weighted by Crippen LogP contribution is 2.20. The smallest absolute Gasteiger partial charge is 0.316 e. The number of benzene rings is 1. The fraction of sp³-hybridized carbons (Fsp3) is 0.300. The molecule has 1 aromatic rings. The van der Waals surface area contributed by atoms with Crippen LogP contribution in [0.1, 0.15) is 12.5 Å². The lowest BCUT2D eigenvalue weighted by Crippen LogP contribution is -2.11. The van der Waals surface area contributed by atoms with E-state index < -0.39 is 16.1 Å². The van der Waals surface area contributed by atoms with Crippen LogP contribution in [-0.4, -0.2) is 21.2 Å². The van der Waals surface area contributed by atoms with E-state index in [1.807, 2.05) is 0 Å². The van der Waals surface area contributed by atoms with Gasteiger partial charge in [0.15, 0.2) is 0 Å². The van der Waals surface area contributed by atoms with Gasteiger partial charge in [0.05, 0.1) is 10.2 Å². The van der Waals surface area contributed by atoms with E-state index in [0.717, 1.165) is 5.56 Å². The van der Waals surface area contributed by atoms with Crippen LogP contribution in [0.3, 0.4) is 0 Å². The van der Waals surface area contributed by atoms with E-state index in [1.54, 1.807) is 19.1 Å². The number of hydrogen-bond acceptors (Lipinski definition) is 4. The lowest BCUT2D eigenvalue weighted by atomic mass is 10.2. The summed E-state index contributed by atoms with van der Waals surface area (Å²) in [6, 6.07) is 6.21. The van der Waals surface area contributed by atoms with Gasteiger partial charge in [0, 0.05) is 17.9 Å². The van der Waals surface area contributed by atoms with Crippen LogP contribution in [0.2, 0.25) is 0 Å². The van der Waals surface area contributed by atoms with Crippen LogP contribution in [0.15, 0.2) is 24.3 Å². The molecule has 86 valence electrons. The summed E-state index contributed by atoms with van der Waals surface area (Å²) in [5.41, 5.74) is 0.786. The molecule has 0 aromatic heterocycles. The minimum absolute atomic E-state index is 0.0288. The Kier molecular flexibility index (Phi) is 4.30. The Balaban J connectivity index is 2.64. The molecular formula is C10H11NO4S. The fourth-order valence-corrected chi connectivity index (χ4v) is 1.82. The third-order valence-corrected chi connectivity index (χ3v) is 3.17. The van der Waals surface area contributed by atoms with Crippen molar-refractivity contribution in [3.8, 4) is 0 Å². The van der Waals surface area contributed by atoms with Crippen LogP contribution in [0.4, 0.5) is 5.69 Å². The third-order valence-electron chi connectivity index (χ3n) is 1.97. The van der Waals surface area contributed by atoms with Crippen molar-refractivity contribution in [3.05, 3.63) is 39.9 Å². The topological polar surface area (TPSA) is 80.4 Å². The Bertz CT molecular complexity index is 408. The summed E-state index contributed by atoms with van der Waals surface area (Å²) >= 11 is 1.24. The molecular weight excluding hydrogens is 230 g/mol. The molecule has 0 radical (unpaired) electrons. The summed E-state index contributed by atoms with van der Waals surface area (Å²) in [4.78, 5) is 20.6. The number of nitro benzene ring substituents is 1. The van der Waals surface area contributed by atoms with Crippen LogP contribution in [0.25, 0.3) is 0 Å². The first kappa shape index (κ1) is 12.5. The molecule has 1 N–H and O–H groups in total. The molecule has 0 spiro atoms. The number of aliphatic carboxylic acids is 1. The highest BCUT2D eigenvalue weighted by molar-refractivity contribution is 7.99. The van der Waals surface area contributed by atoms with Crippen LogP contribution in [0.5, 0.6) is 0 Å². The predicted octanol–water partition coefficient (Wildman–Crippen LogP) is 2.30. The second-order valence-corrected chi connectivity index (χ2v) is 4.55. The van der Waals surface area contributed by atoms with E-state index in [4.69, 9.17) is 5.11 Å². The molecule has 1 atom stereocenters. The van der Waals surface area contributed by atoms with E-state index in [1.165, 1.54) is 23.9 Å². The number of nitrogens with zero attached hydrogens (tertiary/aromatic N) is 1. The molecule has 0 aliphatic carbocycles. The molecule has 0 heterocycles. The first-order chi connectivity index (χ1) is 7.50. The molecule has 1 aromatic carbocycles. The molecule has 0 aliphatic heterocycles. The zero-order chi connectivity index (χ0) is 12.1. The minimum Gasteiger partial charge on any atom is -0.480 e. The molecule has 1 rings (SSSR count). The highest BCUT2D eigenvalue weighted by atomic mass is 32.2. The Labute approximate surface area is 96.6 Å². The first-order valence-electron chi connectivity index (χ1n) is 4.58. The van der Waals surface area contributed by atoms with Crippen LogP contribution in [0, 0.1) is 10.1 Å². The standard InChI is InChI=1S/C10H11NO4S/c1-7(10(12)13)16-6-8-3-2-4-9(5-8)11(14)15/h2-5,7H,6H2,1H3,(H,12,13). The maximum absolute atomic E-state index is 10.6. The Morgan fingerprint density at radius 1 is 1.62 bits per heavy atom. The van der Waals surface area contributed by atoms with Gasteiger partial charge in [-0.2, -0.15) is 0 Å². The van der Waals surface area contributed by atoms with Gasteiger partial charge in [-0.25, -0.2) is 0 Å². The van der Waals surface area contributed by atoms with Crippen molar-refractivity contribution >= 4 is 23.4 Å². The molecule has 1 unspecified atom stereocenters. The van der Waals surface area contributed by atoms with Gasteiger partial charge in [-0.05, 0) is 12.5 Å². The first-order valence-corrected chi connectivity index (χ1v) is 5.63. The van der Waals surface area contributed by atoms with E-state index in [-0.39, 0.29) is 5.69 Å². The van der Waals surface area contributed by atoms with Crippen molar-refractivity contribution in [2.45, 2.75) is 17.9 Å². The second-order valence-electron chi connectivity index (χ2n) is 3.22. The molecule has 0 bridgehead atoms.